The summed E-state index contributed by atoms with van der Waals surface area (Å²) in [5, 5.41) is 18.3. The van der Waals surface area contributed by atoms with Gasteiger partial charge < -0.3 is 10.1 Å². The first-order valence-electron chi connectivity index (χ1n) is 6.39. The van der Waals surface area contributed by atoms with Crippen LogP contribution < -0.4 is 5.43 Å². The fourth-order valence-electron chi connectivity index (χ4n) is 1.72. The molecule has 0 bridgehead atoms. The summed E-state index contributed by atoms with van der Waals surface area (Å²) >= 11 is 0. The molecule has 0 aliphatic carbocycles. The summed E-state index contributed by atoms with van der Waals surface area (Å²) in [5.74, 6) is -0.712. The van der Waals surface area contributed by atoms with Crippen LogP contribution in [0.25, 0.3) is 0 Å². The number of pyridine rings is 1. The van der Waals surface area contributed by atoms with E-state index in [4.69, 9.17) is 0 Å². The molecule has 22 heavy (non-hydrogen) atoms. The van der Waals surface area contributed by atoms with Crippen LogP contribution in [-0.2, 0) is 11.3 Å². The number of hydrogen-bond acceptors (Lipinski definition) is 6. The molecule has 0 spiro atoms. The minimum Gasteiger partial charge on any atom is -0.358 e. The lowest BCUT2D eigenvalue weighted by Gasteiger charge is -2.02. The fourth-order valence-corrected chi connectivity index (χ4v) is 1.72. The maximum Gasteiger partial charge on any atom is 0.390 e. The molecule has 1 N–H and O–H groups in total. The number of amides is 1. The van der Waals surface area contributed by atoms with Crippen molar-refractivity contribution in [3.05, 3.63) is 52.0 Å². The fraction of sp³-hybridized carbons (Fsp3) is 0.231. The number of carbonyl (C=O) groups is 1. The molecule has 0 aliphatic rings. The Labute approximate surface area is 125 Å². The second-order valence-electron chi connectivity index (χ2n) is 4.53. The Hall–Kier alpha value is -3.10. The van der Waals surface area contributed by atoms with E-state index in [1.54, 1.807) is 38.4 Å². The second-order valence-corrected chi connectivity index (χ2v) is 4.53. The number of nitrogens with one attached hydrogen (secondary N) is 1. The van der Waals surface area contributed by atoms with E-state index < -0.39 is 10.8 Å². The van der Waals surface area contributed by atoms with Crippen LogP contribution in [0, 0.1) is 17.0 Å². The van der Waals surface area contributed by atoms with Crippen molar-refractivity contribution in [2.45, 2.75) is 20.4 Å². The standard InChI is InChI=1S/C13H14N6O3/c1-9-7-12(19(21)22)17-18(9)8-13(20)16-15-10(2)11-3-5-14-6-4-11/h3-7H,8H2,1-2H3,(H,16,20)/b15-10+. The maximum atomic E-state index is 11.8. The van der Waals surface area contributed by atoms with Crippen molar-refractivity contribution >= 4 is 17.4 Å². The lowest BCUT2D eigenvalue weighted by Crippen LogP contribution is -2.25. The van der Waals surface area contributed by atoms with Crippen LogP contribution in [0.2, 0.25) is 0 Å². The van der Waals surface area contributed by atoms with Crippen LogP contribution in [0.4, 0.5) is 5.82 Å². The highest BCUT2D eigenvalue weighted by atomic mass is 16.6. The van der Waals surface area contributed by atoms with E-state index >= 15 is 0 Å². The highest BCUT2D eigenvalue weighted by molar-refractivity contribution is 5.99. The van der Waals surface area contributed by atoms with Crippen molar-refractivity contribution in [2.24, 2.45) is 5.10 Å². The van der Waals surface area contributed by atoms with E-state index in [2.05, 4.69) is 20.6 Å². The first-order valence-corrected chi connectivity index (χ1v) is 6.39. The van der Waals surface area contributed by atoms with Gasteiger partial charge in [0.15, 0.2) is 0 Å². The average molecular weight is 302 g/mol. The highest BCUT2D eigenvalue weighted by Crippen LogP contribution is 2.10. The minimum absolute atomic E-state index is 0.146. The number of nitro groups is 1. The summed E-state index contributed by atoms with van der Waals surface area (Å²) in [6.07, 6.45) is 3.25. The smallest absolute Gasteiger partial charge is 0.358 e. The van der Waals surface area contributed by atoms with Gasteiger partial charge in [0.2, 0.25) is 0 Å². The van der Waals surface area contributed by atoms with E-state index in [0.29, 0.717) is 11.4 Å². The summed E-state index contributed by atoms with van der Waals surface area (Å²) in [6.45, 7) is 3.24. The first-order chi connectivity index (χ1) is 10.5. The van der Waals surface area contributed by atoms with Gasteiger partial charge in [-0.15, -0.1) is 0 Å². The Morgan fingerprint density at radius 1 is 1.45 bits per heavy atom. The molecular formula is C13H14N6O3. The van der Waals surface area contributed by atoms with Crippen molar-refractivity contribution < 1.29 is 9.72 Å². The zero-order valence-corrected chi connectivity index (χ0v) is 12.1. The maximum absolute atomic E-state index is 11.8. The Balaban J connectivity index is 2.00. The molecule has 2 aromatic heterocycles. The largest absolute Gasteiger partial charge is 0.390 e. The van der Waals surface area contributed by atoms with Gasteiger partial charge in [0.25, 0.3) is 5.91 Å². The zero-order valence-electron chi connectivity index (χ0n) is 12.1. The van der Waals surface area contributed by atoms with Gasteiger partial charge in [-0.1, -0.05) is 0 Å². The SMILES string of the molecule is C/C(=N\NC(=O)Cn1nc([N+](=O)[O-])cc1C)c1ccncc1. The molecule has 0 saturated carbocycles. The average Bonchev–Trinajstić information content (AvgIpc) is 2.87. The number of hydrogen-bond donors (Lipinski definition) is 1. The molecule has 0 unspecified atom stereocenters. The molecule has 0 saturated heterocycles. The summed E-state index contributed by atoms with van der Waals surface area (Å²) in [7, 11) is 0. The van der Waals surface area contributed by atoms with Crippen molar-refractivity contribution in [3.63, 3.8) is 0 Å². The van der Waals surface area contributed by atoms with Crippen molar-refractivity contribution in [2.75, 3.05) is 0 Å². The number of nitrogens with zero attached hydrogens (tertiary/aromatic N) is 5. The van der Waals surface area contributed by atoms with Crippen LogP contribution in [0.3, 0.4) is 0 Å². The van der Waals surface area contributed by atoms with Crippen molar-refractivity contribution in [3.8, 4) is 0 Å². The molecule has 0 fully saturated rings. The van der Waals surface area contributed by atoms with Gasteiger partial charge in [-0.3, -0.25) is 9.78 Å². The molecule has 114 valence electrons. The zero-order chi connectivity index (χ0) is 16.1. The minimum atomic E-state index is -0.604. The molecule has 9 heteroatoms. The highest BCUT2D eigenvalue weighted by Gasteiger charge is 2.17. The molecule has 0 atom stereocenters. The lowest BCUT2D eigenvalue weighted by molar-refractivity contribution is -0.389. The van der Waals surface area contributed by atoms with E-state index in [1.807, 2.05) is 0 Å². The van der Waals surface area contributed by atoms with Gasteiger partial charge in [0.1, 0.15) is 6.54 Å². The topological polar surface area (TPSA) is 115 Å². The Kier molecular flexibility index (Phi) is 4.57. The van der Waals surface area contributed by atoms with E-state index in [0.717, 1.165) is 5.56 Å². The molecule has 0 aromatic carbocycles. The molecule has 1 amide bonds. The Morgan fingerprint density at radius 2 is 2.14 bits per heavy atom. The molecular weight excluding hydrogens is 288 g/mol. The number of hydrazone groups is 1. The van der Waals surface area contributed by atoms with Gasteiger partial charge in [-0.05, 0) is 30.9 Å². The van der Waals surface area contributed by atoms with Gasteiger partial charge in [0.05, 0.1) is 22.6 Å². The molecule has 2 heterocycles. The Bertz CT molecular complexity index is 723. The van der Waals surface area contributed by atoms with Crippen LogP contribution in [0.1, 0.15) is 18.2 Å². The van der Waals surface area contributed by atoms with Gasteiger partial charge >= 0.3 is 5.82 Å². The number of rotatable bonds is 5. The van der Waals surface area contributed by atoms with Crippen molar-refractivity contribution in [1.82, 2.24) is 20.2 Å². The Morgan fingerprint density at radius 3 is 2.73 bits per heavy atom. The summed E-state index contributed by atoms with van der Waals surface area (Å²) in [4.78, 5) is 25.7. The predicted molar refractivity (Wildman–Crippen MR) is 78.2 cm³/mol. The quantitative estimate of drug-likeness (QED) is 0.503. The normalized spacial score (nSPS) is 11.3. The first kappa shape index (κ1) is 15.3. The van der Waals surface area contributed by atoms with Crippen LogP contribution >= 0.6 is 0 Å². The van der Waals surface area contributed by atoms with E-state index in [1.165, 1.54) is 10.7 Å². The van der Waals surface area contributed by atoms with Crippen LogP contribution in [0.5, 0.6) is 0 Å². The third-order valence-corrected chi connectivity index (χ3v) is 2.90. The number of aryl methyl sites for hydroxylation is 1. The monoisotopic (exact) mass is 302 g/mol. The van der Waals surface area contributed by atoms with Gasteiger partial charge in [-0.2, -0.15) is 9.78 Å². The van der Waals surface area contributed by atoms with E-state index in [9.17, 15) is 14.9 Å². The van der Waals surface area contributed by atoms with Crippen LogP contribution in [-0.4, -0.2) is 31.3 Å². The molecule has 2 rings (SSSR count). The summed E-state index contributed by atoms with van der Waals surface area (Å²) in [5.41, 5.74) is 4.38. The lowest BCUT2D eigenvalue weighted by atomic mass is 10.2. The molecule has 9 nitrogen and oxygen atoms in total. The third-order valence-electron chi connectivity index (χ3n) is 2.90. The predicted octanol–water partition coefficient (Wildman–Crippen LogP) is 1.04. The van der Waals surface area contributed by atoms with Crippen molar-refractivity contribution in [1.29, 1.82) is 0 Å². The number of carbonyl (C=O) groups excluding carboxylic acids is 1. The summed E-state index contributed by atoms with van der Waals surface area (Å²) < 4.78 is 1.25. The second kappa shape index (κ2) is 6.57. The summed E-state index contributed by atoms with van der Waals surface area (Å²) in [6, 6.07) is 4.84. The third kappa shape index (κ3) is 3.72. The molecule has 2 aromatic rings. The van der Waals surface area contributed by atoms with Gasteiger partial charge in [0, 0.05) is 18.0 Å². The van der Waals surface area contributed by atoms with Crippen LogP contribution in [0.15, 0.2) is 35.7 Å². The molecule has 0 radical (unpaired) electrons. The number of aromatic nitrogens is 3. The molecule has 0 aliphatic heterocycles. The van der Waals surface area contributed by atoms with Gasteiger partial charge in [-0.25, -0.2) is 5.43 Å². The van der Waals surface area contributed by atoms with E-state index in [-0.39, 0.29) is 12.4 Å².